The lowest BCUT2D eigenvalue weighted by molar-refractivity contribution is -0.142. The minimum atomic E-state index is -4.48. The number of alkyl halides is 3. The Labute approximate surface area is 127 Å². The van der Waals surface area contributed by atoms with Gasteiger partial charge in [-0.1, -0.05) is 0 Å². The zero-order valence-electron chi connectivity index (χ0n) is 11.6. The molecular weight excluding hydrogens is 313 g/mol. The molecule has 0 bridgehead atoms. The number of aromatic amines is 1. The lowest BCUT2D eigenvalue weighted by Gasteiger charge is -2.08. The first-order valence-corrected chi connectivity index (χ1v) is 6.55. The largest absolute Gasteiger partial charge is 0.408 e. The van der Waals surface area contributed by atoms with Crippen LogP contribution in [0.5, 0.6) is 0 Å². The number of hydrogen-bond acceptors (Lipinski definition) is 4. The van der Waals surface area contributed by atoms with E-state index < -0.39 is 18.6 Å². The van der Waals surface area contributed by atoms with E-state index in [0.29, 0.717) is 10.3 Å². The average molecular weight is 324 g/mol. The van der Waals surface area contributed by atoms with Crippen LogP contribution in [-0.4, -0.2) is 36.8 Å². The van der Waals surface area contributed by atoms with Crippen molar-refractivity contribution >= 4 is 16.9 Å². The number of fused-ring (bicyclic) bond motifs is 1. The van der Waals surface area contributed by atoms with E-state index in [0.717, 1.165) is 5.39 Å². The third-order valence-corrected chi connectivity index (χ3v) is 3.02. The van der Waals surface area contributed by atoms with E-state index in [1.807, 2.05) is 0 Å². The summed E-state index contributed by atoms with van der Waals surface area (Å²) in [6, 6.07) is 5.03. The van der Waals surface area contributed by atoms with Gasteiger partial charge in [0.05, 0.1) is 6.42 Å². The number of aromatic nitrogens is 5. The summed E-state index contributed by atoms with van der Waals surface area (Å²) < 4.78 is 38.8. The van der Waals surface area contributed by atoms with Crippen LogP contribution in [-0.2, 0) is 17.8 Å². The molecule has 3 rings (SSSR count). The van der Waals surface area contributed by atoms with Crippen molar-refractivity contribution in [3.63, 3.8) is 0 Å². The second-order valence-electron chi connectivity index (χ2n) is 4.88. The van der Waals surface area contributed by atoms with E-state index >= 15 is 0 Å². The topological polar surface area (TPSA) is 102 Å². The van der Waals surface area contributed by atoms with Crippen molar-refractivity contribution in [3.05, 3.63) is 30.2 Å². The number of H-pyrrole nitrogens is 1. The maximum Gasteiger partial charge on any atom is 0.408 e. The van der Waals surface area contributed by atoms with Gasteiger partial charge in [-0.3, -0.25) is 4.79 Å². The van der Waals surface area contributed by atoms with Gasteiger partial charge in [0.15, 0.2) is 11.6 Å². The van der Waals surface area contributed by atoms with Crippen molar-refractivity contribution in [3.8, 4) is 11.5 Å². The van der Waals surface area contributed by atoms with Gasteiger partial charge in [-0.25, -0.2) is 14.6 Å². The molecule has 0 spiro atoms. The van der Waals surface area contributed by atoms with Crippen molar-refractivity contribution in [2.45, 2.75) is 19.1 Å². The fourth-order valence-corrected chi connectivity index (χ4v) is 2.14. The molecule has 0 aromatic carbocycles. The van der Waals surface area contributed by atoms with Crippen LogP contribution in [0.15, 0.2) is 24.4 Å². The van der Waals surface area contributed by atoms with Crippen molar-refractivity contribution in [1.82, 2.24) is 24.7 Å². The van der Waals surface area contributed by atoms with Crippen LogP contribution in [0.2, 0.25) is 0 Å². The highest BCUT2D eigenvalue weighted by atomic mass is 19.4. The first-order chi connectivity index (χ1) is 10.8. The number of amides is 1. The summed E-state index contributed by atoms with van der Waals surface area (Å²) in [7, 11) is 0. The molecule has 10 heteroatoms. The summed E-state index contributed by atoms with van der Waals surface area (Å²) in [5.41, 5.74) is 5.77. The molecule has 0 saturated heterocycles. The van der Waals surface area contributed by atoms with E-state index in [4.69, 9.17) is 5.73 Å². The number of carbonyl (C=O) groups excluding carboxylic acids is 1. The predicted octanol–water partition coefficient (Wildman–Crippen LogP) is 1.41. The zero-order chi connectivity index (χ0) is 16.6. The highest BCUT2D eigenvalue weighted by Crippen LogP contribution is 2.23. The number of nitrogens with zero attached hydrogens (tertiary/aromatic N) is 4. The monoisotopic (exact) mass is 324 g/mol. The lowest BCUT2D eigenvalue weighted by atomic mass is 10.3. The Kier molecular flexibility index (Phi) is 3.51. The third-order valence-electron chi connectivity index (χ3n) is 3.02. The fourth-order valence-electron chi connectivity index (χ4n) is 2.14. The summed E-state index contributed by atoms with van der Waals surface area (Å²) in [6.45, 7) is -1.33. The Hall–Kier alpha value is -2.91. The Balaban J connectivity index is 2.07. The Bertz CT molecular complexity index is 866. The maximum atomic E-state index is 12.7. The van der Waals surface area contributed by atoms with Gasteiger partial charge in [0.25, 0.3) is 0 Å². The smallest absolute Gasteiger partial charge is 0.369 e. The van der Waals surface area contributed by atoms with Crippen LogP contribution in [0.3, 0.4) is 0 Å². The molecule has 0 fully saturated rings. The number of pyridine rings is 1. The molecule has 0 aliphatic carbocycles. The van der Waals surface area contributed by atoms with Gasteiger partial charge in [-0.05, 0) is 18.2 Å². The minimum Gasteiger partial charge on any atom is -0.369 e. The first kappa shape index (κ1) is 15.0. The number of halogens is 3. The van der Waals surface area contributed by atoms with Gasteiger partial charge >= 0.3 is 6.18 Å². The molecule has 0 unspecified atom stereocenters. The van der Waals surface area contributed by atoms with Crippen molar-refractivity contribution in [2.24, 2.45) is 5.73 Å². The van der Waals surface area contributed by atoms with Crippen LogP contribution in [0.4, 0.5) is 13.2 Å². The molecule has 1 amide bonds. The molecule has 0 atom stereocenters. The maximum absolute atomic E-state index is 12.7. The second-order valence-corrected chi connectivity index (χ2v) is 4.88. The van der Waals surface area contributed by atoms with Gasteiger partial charge in [0, 0.05) is 11.6 Å². The predicted molar refractivity (Wildman–Crippen MR) is 74.1 cm³/mol. The highest BCUT2D eigenvalue weighted by molar-refractivity contribution is 5.78. The van der Waals surface area contributed by atoms with Gasteiger partial charge in [-0.15, -0.1) is 0 Å². The molecule has 3 aromatic rings. The summed E-state index contributed by atoms with van der Waals surface area (Å²) in [6.07, 6.45) is -3.16. The van der Waals surface area contributed by atoms with Gasteiger partial charge in [0.2, 0.25) is 5.91 Å². The number of primary amides is 1. The number of nitrogens with two attached hydrogens (primary N) is 1. The molecule has 3 aromatic heterocycles. The summed E-state index contributed by atoms with van der Waals surface area (Å²) in [5.74, 6) is -0.881. The van der Waals surface area contributed by atoms with Crippen molar-refractivity contribution in [2.75, 3.05) is 0 Å². The molecule has 0 aliphatic heterocycles. The molecule has 23 heavy (non-hydrogen) atoms. The minimum absolute atomic E-state index is 0.0740. The Morgan fingerprint density at radius 3 is 2.74 bits per heavy atom. The Morgan fingerprint density at radius 1 is 1.26 bits per heavy atom. The molecule has 0 saturated carbocycles. The SMILES string of the molecule is NC(=O)Cc1nc(-c2ccc3cc[nH]c3n2)n(CC(F)(F)F)n1. The molecule has 7 nitrogen and oxygen atoms in total. The molecule has 120 valence electrons. The van der Waals surface area contributed by atoms with E-state index in [2.05, 4.69) is 20.1 Å². The van der Waals surface area contributed by atoms with E-state index in [1.54, 1.807) is 24.4 Å². The molecule has 3 heterocycles. The molecule has 0 aliphatic rings. The fraction of sp³-hybridized carbons (Fsp3) is 0.231. The standard InChI is InChI=1S/C13H11F3N6O/c14-13(15,16)6-22-12(20-10(21-22)5-9(17)23)8-2-1-7-3-4-18-11(7)19-8/h1-4H,5-6H2,(H2,17,23)(H,18,19). The number of nitrogens with one attached hydrogen (secondary N) is 1. The molecule has 3 N–H and O–H groups in total. The average Bonchev–Trinajstić information content (AvgIpc) is 3.02. The number of rotatable bonds is 4. The van der Waals surface area contributed by atoms with Gasteiger partial charge < -0.3 is 10.7 Å². The molecular formula is C13H11F3N6O. The number of hydrogen-bond donors (Lipinski definition) is 2. The normalized spacial score (nSPS) is 12.0. The Morgan fingerprint density at radius 2 is 2.04 bits per heavy atom. The second kappa shape index (κ2) is 5.38. The van der Waals surface area contributed by atoms with Crippen LogP contribution < -0.4 is 5.73 Å². The van der Waals surface area contributed by atoms with Crippen molar-refractivity contribution in [1.29, 1.82) is 0 Å². The van der Waals surface area contributed by atoms with E-state index in [9.17, 15) is 18.0 Å². The zero-order valence-corrected chi connectivity index (χ0v) is 11.6. The molecule has 0 radical (unpaired) electrons. The van der Waals surface area contributed by atoms with Gasteiger partial charge in [-0.2, -0.15) is 18.3 Å². The summed E-state index contributed by atoms with van der Waals surface area (Å²) in [4.78, 5) is 22.0. The third kappa shape index (κ3) is 3.30. The van der Waals surface area contributed by atoms with E-state index in [-0.39, 0.29) is 23.8 Å². The van der Waals surface area contributed by atoms with Gasteiger partial charge in [0.1, 0.15) is 17.9 Å². The quantitative estimate of drug-likeness (QED) is 0.757. The summed E-state index contributed by atoms with van der Waals surface area (Å²) >= 11 is 0. The highest BCUT2D eigenvalue weighted by Gasteiger charge is 2.31. The van der Waals surface area contributed by atoms with Crippen LogP contribution in [0, 0.1) is 0 Å². The van der Waals surface area contributed by atoms with Crippen molar-refractivity contribution < 1.29 is 18.0 Å². The summed E-state index contributed by atoms with van der Waals surface area (Å²) in [5, 5.41) is 4.53. The number of carbonyl (C=O) groups is 1. The van der Waals surface area contributed by atoms with E-state index in [1.165, 1.54) is 0 Å². The van der Waals surface area contributed by atoms with Crippen LogP contribution in [0.1, 0.15) is 5.82 Å². The first-order valence-electron chi connectivity index (χ1n) is 6.55. The van der Waals surface area contributed by atoms with Crippen LogP contribution >= 0.6 is 0 Å². The lowest BCUT2D eigenvalue weighted by Crippen LogP contribution is -2.20. The van der Waals surface area contributed by atoms with Crippen LogP contribution in [0.25, 0.3) is 22.6 Å².